The molecule has 0 bridgehead atoms. The zero-order valence-electron chi connectivity index (χ0n) is 10.3. The largest absolute Gasteiger partial charge is 0.327 e. The van der Waals surface area contributed by atoms with Crippen LogP contribution in [0, 0.1) is 5.92 Å². The van der Waals surface area contributed by atoms with Gasteiger partial charge in [-0.1, -0.05) is 32.1 Å². The molecule has 1 aliphatic rings. The van der Waals surface area contributed by atoms with Crippen molar-refractivity contribution in [1.29, 1.82) is 0 Å². The normalized spacial score (nSPS) is 22.4. The lowest BCUT2D eigenvalue weighted by atomic mass is 9.85. The standard InChI is InChI=1S/C12H25NO2S/c1-16(14,15)10-9-12(13)11-7-5-3-2-4-6-8-11/h11-12H,2-10,13H2,1H3. The summed E-state index contributed by atoms with van der Waals surface area (Å²) in [7, 11) is -2.85. The van der Waals surface area contributed by atoms with E-state index in [0.29, 0.717) is 12.3 Å². The molecule has 3 nitrogen and oxygen atoms in total. The maximum Gasteiger partial charge on any atom is 0.147 e. The van der Waals surface area contributed by atoms with E-state index in [-0.39, 0.29) is 11.8 Å². The summed E-state index contributed by atoms with van der Waals surface area (Å²) in [6, 6.07) is 0.0767. The second-order valence-corrected chi connectivity index (χ2v) is 7.45. The maximum atomic E-state index is 11.1. The lowest BCUT2D eigenvalue weighted by Gasteiger charge is -2.25. The molecule has 1 fully saturated rings. The molecule has 4 heteroatoms. The fourth-order valence-electron chi connectivity index (χ4n) is 2.50. The van der Waals surface area contributed by atoms with Crippen molar-refractivity contribution in [1.82, 2.24) is 0 Å². The van der Waals surface area contributed by atoms with Crippen molar-refractivity contribution in [2.45, 2.75) is 57.4 Å². The molecule has 1 saturated carbocycles. The zero-order valence-corrected chi connectivity index (χ0v) is 11.1. The van der Waals surface area contributed by atoms with Crippen LogP contribution < -0.4 is 5.73 Å². The lowest BCUT2D eigenvalue weighted by Crippen LogP contribution is -2.32. The van der Waals surface area contributed by atoms with E-state index in [1.54, 1.807) is 0 Å². The quantitative estimate of drug-likeness (QED) is 0.827. The lowest BCUT2D eigenvalue weighted by molar-refractivity contribution is 0.318. The Bertz CT molecular complexity index is 279. The predicted octanol–water partition coefficient (Wildman–Crippen LogP) is 2.11. The summed E-state index contributed by atoms with van der Waals surface area (Å²) in [6.45, 7) is 0. The molecule has 1 aliphatic carbocycles. The topological polar surface area (TPSA) is 60.2 Å². The van der Waals surface area contributed by atoms with Crippen LogP contribution in [0.2, 0.25) is 0 Å². The highest BCUT2D eigenvalue weighted by Gasteiger charge is 2.19. The number of nitrogens with two attached hydrogens (primary N) is 1. The highest BCUT2D eigenvalue weighted by Crippen LogP contribution is 2.25. The first-order chi connectivity index (χ1) is 7.49. The first-order valence-corrected chi connectivity index (χ1v) is 8.48. The van der Waals surface area contributed by atoms with Crippen LogP contribution in [-0.2, 0) is 9.84 Å². The summed E-state index contributed by atoms with van der Waals surface area (Å²) in [4.78, 5) is 0. The molecule has 2 N–H and O–H groups in total. The third-order valence-corrected chi connectivity index (χ3v) is 4.55. The average molecular weight is 247 g/mol. The van der Waals surface area contributed by atoms with Crippen LogP contribution in [0.4, 0.5) is 0 Å². The Morgan fingerprint density at radius 3 is 2.12 bits per heavy atom. The minimum atomic E-state index is -2.85. The van der Waals surface area contributed by atoms with E-state index in [9.17, 15) is 8.42 Å². The van der Waals surface area contributed by atoms with Crippen LogP contribution in [0.25, 0.3) is 0 Å². The molecule has 1 rings (SSSR count). The molecular formula is C12H25NO2S. The van der Waals surface area contributed by atoms with Gasteiger partial charge in [0, 0.05) is 12.3 Å². The molecule has 0 spiro atoms. The second-order valence-electron chi connectivity index (χ2n) is 5.19. The van der Waals surface area contributed by atoms with E-state index in [0.717, 1.165) is 0 Å². The van der Waals surface area contributed by atoms with Gasteiger partial charge in [-0.05, 0) is 25.2 Å². The van der Waals surface area contributed by atoms with Crippen molar-refractivity contribution in [3.8, 4) is 0 Å². The van der Waals surface area contributed by atoms with Crippen LogP contribution in [0.15, 0.2) is 0 Å². The molecule has 1 atom stereocenters. The van der Waals surface area contributed by atoms with E-state index in [1.807, 2.05) is 0 Å². The first kappa shape index (κ1) is 14.0. The van der Waals surface area contributed by atoms with Crippen LogP contribution in [0.1, 0.15) is 51.4 Å². The summed E-state index contributed by atoms with van der Waals surface area (Å²) in [5, 5.41) is 0. The Morgan fingerprint density at radius 1 is 1.12 bits per heavy atom. The molecule has 16 heavy (non-hydrogen) atoms. The van der Waals surface area contributed by atoms with E-state index in [2.05, 4.69) is 0 Å². The zero-order chi connectivity index (χ0) is 12.0. The fourth-order valence-corrected chi connectivity index (χ4v) is 3.20. The van der Waals surface area contributed by atoms with E-state index < -0.39 is 9.84 Å². The van der Waals surface area contributed by atoms with Crippen LogP contribution in [-0.4, -0.2) is 26.5 Å². The Morgan fingerprint density at radius 2 is 1.62 bits per heavy atom. The molecule has 0 aliphatic heterocycles. The van der Waals surface area contributed by atoms with Gasteiger partial charge >= 0.3 is 0 Å². The van der Waals surface area contributed by atoms with Gasteiger partial charge in [0.25, 0.3) is 0 Å². The minimum Gasteiger partial charge on any atom is -0.327 e. The SMILES string of the molecule is CS(=O)(=O)CCC(N)C1CCCCCCC1. The molecule has 0 heterocycles. The number of hydrogen-bond acceptors (Lipinski definition) is 3. The number of sulfone groups is 1. The number of rotatable bonds is 4. The minimum absolute atomic E-state index is 0.0767. The Labute approximate surface area is 99.7 Å². The van der Waals surface area contributed by atoms with Gasteiger partial charge in [-0.15, -0.1) is 0 Å². The van der Waals surface area contributed by atoms with Crippen LogP contribution in [0.3, 0.4) is 0 Å². The summed E-state index contributed by atoms with van der Waals surface area (Å²) >= 11 is 0. The predicted molar refractivity (Wildman–Crippen MR) is 68.1 cm³/mol. The van der Waals surface area contributed by atoms with E-state index in [4.69, 9.17) is 5.73 Å². The van der Waals surface area contributed by atoms with Crippen molar-refractivity contribution in [3.63, 3.8) is 0 Å². The van der Waals surface area contributed by atoms with E-state index in [1.165, 1.54) is 51.2 Å². The summed E-state index contributed by atoms with van der Waals surface area (Å²) in [5.41, 5.74) is 6.11. The summed E-state index contributed by atoms with van der Waals surface area (Å²) in [6.07, 6.45) is 10.8. The maximum absolute atomic E-state index is 11.1. The smallest absolute Gasteiger partial charge is 0.147 e. The van der Waals surface area contributed by atoms with Crippen LogP contribution >= 0.6 is 0 Å². The highest BCUT2D eigenvalue weighted by atomic mass is 32.2. The van der Waals surface area contributed by atoms with Crippen LogP contribution in [0.5, 0.6) is 0 Å². The second kappa shape index (κ2) is 6.60. The molecule has 0 aromatic heterocycles. The third kappa shape index (κ3) is 5.85. The van der Waals surface area contributed by atoms with Crippen molar-refractivity contribution in [2.24, 2.45) is 11.7 Å². The van der Waals surface area contributed by atoms with Crippen molar-refractivity contribution in [3.05, 3.63) is 0 Å². The van der Waals surface area contributed by atoms with Gasteiger partial charge < -0.3 is 5.73 Å². The monoisotopic (exact) mass is 247 g/mol. The average Bonchev–Trinajstić information content (AvgIpc) is 2.12. The molecule has 0 aromatic rings. The van der Waals surface area contributed by atoms with Gasteiger partial charge in [0.05, 0.1) is 5.75 Å². The Kier molecular flexibility index (Phi) is 5.76. The van der Waals surface area contributed by atoms with Gasteiger partial charge in [-0.2, -0.15) is 0 Å². The molecule has 0 saturated heterocycles. The van der Waals surface area contributed by atoms with Gasteiger partial charge in [0.15, 0.2) is 0 Å². The molecule has 0 aromatic carbocycles. The molecular weight excluding hydrogens is 222 g/mol. The Hall–Kier alpha value is -0.0900. The van der Waals surface area contributed by atoms with Crippen molar-refractivity contribution >= 4 is 9.84 Å². The summed E-state index contributed by atoms with van der Waals surface area (Å²) in [5.74, 6) is 0.784. The molecule has 0 radical (unpaired) electrons. The highest BCUT2D eigenvalue weighted by molar-refractivity contribution is 7.90. The Balaban J connectivity index is 2.35. The van der Waals surface area contributed by atoms with Crippen molar-refractivity contribution < 1.29 is 8.42 Å². The molecule has 1 unspecified atom stereocenters. The fraction of sp³-hybridized carbons (Fsp3) is 1.00. The van der Waals surface area contributed by atoms with E-state index >= 15 is 0 Å². The van der Waals surface area contributed by atoms with Gasteiger partial charge in [-0.25, -0.2) is 8.42 Å². The first-order valence-electron chi connectivity index (χ1n) is 6.42. The van der Waals surface area contributed by atoms with Gasteiger partial charge in [-0.3, -0.25) is 0 Å². The number of hydrogen-bond donors (Lipinski definition) is 1. The van der Waals surface area contributed by atoms with Gasteiger partial charge in [0.1, 0.15) is 9.84 Å². The third-order valence-electron chi connectivity index (χ3n) is 3.58. The summed E-state index contributed by atoms with van der Waals surface area (Å²) < 4.78 is 22.2. The molecule has 96 valence electrons. The van der Waals surface area contributed by atoms with Crippen molar-refractivity contribution in [2.75, 3.05) is 12.0 Å². The van der Waals surface area contributed by atoms with Gasteiger partial charge in [0.2, 0.25) is 0 Å². The molecule has 0 amide bonds.